The van der Waals surface area contributed by atoms with Gasteiger partial charge in [-0.3, -0.25) is 9.59 Å². The van der Waals surface area contributed by atoms with Crippen LogP contribution in [0.15, 0.2) is 40.6 Å². The lowest BCUT2D eigenvalue weighted by Crippen LogP contribution is -2.42. The van der Waals surface area contributed by atoms with Crippen molar-refractivity contribution in [3.63, 3.8) is 0 Å². The number of fused-ring (bicyclic) bond motifs is 1. The van der Waals surface area contributed by atoms with Crippen molar-refractivity contribution in [1.82, 2.24) is 9.62 Å². The van der Waals surface area contributed by atoms with Gasteiger partial charge in [-0.05, 0) is 67.8 Å². The van der Waals surface area contributed by atoms with Crippen LogP contribution >= 0.6 is 11.3 Å². The Morgan fingerprint density at radius 3 is 2.59 bits per heavy atom. The molecule has 7 nitrogen and oxygen atoms in total. The van der Waals surface area contributed by atoms with E-state index in [1.807, 2.05) is 17.5 Å². The van der Waals surface area contributed by atoms with Gasteiger partial charge >= 0.3 is 0 Å². The van der Waals surface area contributed by atoms with E-state index in [0.717, 1.165) is 17.7 Å². The van der Waals surface area contributed by atoms with Gasteiger partial charge in [0.15, 0.2) is 0 Å². The molecule has 1 aromatic heterocycles. The molecular weight excluding hydrogens is 446 g/mol. The molecule has 32 heavy (non-hydrogen) atoms. The maximum absolute atomic E-state index is 13.2. The summed E-state index contributed by atoms with van der Waals surface area (Å²) in [5.41, 5.74) is 0.322. The highest BCUT2D eigenvalue weighted by molar-refractivity contribution is 7.89. The Labute approximate surface area is 193 Å². The van der Waals surface area contributed by atoms with Crippen molar-refractivity contribution in [2.75, 3.05) is 24.5 Å². The van der Waals surface area contributed by atoms with Gasteiger partial charge in [0.1, 0.15) is 6.54 Å². The number of thiophene rings is 1. The van der Waals surface area contributed by atoms with Crippen LogP contribution in [0.4, 0.5) is 5.69 Å². The van der Waals surface area contributed by atoms with E-state index in [1.54, 1.807) is 43.4 Å². The molecule has 1 saturated heterocycles. The van der Waals surface area contributed by atoms with Gasteiger partial charge in [0, 0.05) is 23.7 Å². The number of amides is 2. The van der Waals surface area contributed by atoms with Gasteiger partial charge in [-0.1, -0.05) is 13.0 Å². The molecule has 9 heteroatoms. The summed E-state index contributed by atoms with van der Waals surface area (Å²) in [7, 11) is -3.62. The number of nitrogens with one attached hydrogen (secondary N) is 1. The molecule has 0 unspecified atom stereocenters. The van der Waals surface area contributed by atoms with Crippen LogP contribution in [0.25, 0.3) is 0 Å². The average molecular weight is 476 g/mol. The Balaban J connectivity index is 1.56. The van der Waals surface area contributed by atoms with Crippen LogP contribution in [0.1, 0.15) is 44.1 Å². The number of carbonyl (C=O) groups excluding carboxylic acids is 2. The first-order valence-corrected chi connectivity index (χ1v) is 13.2. The number of hydrogen-bond donors (Lipinski definition) is 1. The second-order valence-corrected chi connectivity index (χ2v) is 12.1. The van der Waals surface area contributed by atoms with Crippen molar-refractivity contribution >= 4 is 38.9 Å². The Morgan fingerprint density at radius 1 is 1.22 bits per heavy atom. The minimum Gasteiger partial charge on any atom is -0.350 e. The van der Waals surface area contributed by atoms with Crippen LogP contribution < -0.4 is 10.2 Å². The molecule has 1 fully saturated rings. The van der Waals surface area contributed by atoms with E-state index in [-0.39, 0.29) is 23.3 Å². The highest BCUT2D eigenvalue weighted by Crippen LogP contribution is 2.42. The summed E-state index contributed by atoms with van der Waals surface area (Å²) in [6.45, 7) is 7.03. The Morgan fingerprint density at radius 2 is 1.94 bits per heavy atom. The normalized spacial score (nSPS) is 19.2. The van der Waals surface area contributed by atoms with E-state index >= 15 is 0 Å². The lowest BCUT2D eigenvalue weighted by atomic mass is 9.86. The molecule has 0 aliphatic carbocycles. The molecular formula is C23H29N3O4S2. The van der Waals surface area contributed by atoms with E-state index < -0.39 is 15.4 Å². The second kappa shape index (κ2) is 8.61. The highest BCUT2D eigenvalue weighted by Gasteiger charge is 2.45. The minimum atomic E-state index is -3.62. The van der Waals surface area contributed by atoms with Crippen LogP contribution in [0.5, 0.6) is 0 Å². The first-order valence-electron chi connectivity index (χ1n) is 10.9. The van der Waals surface area contributed by atoms with Gasteiger partial charge in [-0.25, -0.2) is 8.42 Å². The van der Waals surface area contributed by atoms with E-state index in [1.165, 1.54) is 9.21 Å². The maximum Gasteiger partial charge on any atom is 0.243 e. The lowest BCUT2D eigenvalue weighted by molar-refractivity contribution is -0.125. The van der Waals surface area contributed by atoms with Crippen molar-refractivity contribution < 1.29 is 18.0 Å². The van der Waals surface area contributed by atoms with Crippen LogP contribution in [0.3, 0.4) is 0 Å². The zero-order chi connectivity index (χ0) is 23.1. The Hall–Kier alpha value is -2.23. The number of nitrogens with zero attached hydrogens (tertiary/aromatic N) is 2. The Kier molecular flexibility index (Phi) is 6.17. The SMILES string of the molecule is CC1CCN(S(=O)(=O)c2ccc3c(c2)C(C)(C)C(=O)N3CC(=O)NCc2cccs2)CC1. The molecule has 0 atom stereocenters. The molecule has 0 spiro atoms. The topological polar surface area (TPSA) is 86.8 Å². The molecule has 0 saturated carbocycles. The summed E-state index contributed by atoms with van der Waals surface area (Å²) < 4.78 is 28.0. The number of sulfonamides is 1. The van der Waals surface area contributed by atoms with Gasteiger partial charge in [0.25, 0.3) is 0 Å². The Bertz CT molecular complexity index is 1120. The average Bonchev–Trinajstić information content (AvgIpc) is 3.34. The third-order valence-electron chi connectivity index (χ3n) is 6.43. The largest absolute Gasteiger partial charge is 0.350 e. The van der Waals surface area contributed by atoms with Crippen molar-refractivity contribution in [2.45, 2.75) is 50.5 Å². The zero-order valence-electron chi connectivity index (χ0n) is 18.6. The van der Waals surface area contributed by atoms with Crippen molar-refractivity contribution in [2.24, 2.45) is 5.92 Å². The minimum absolute atomic E-state index is 0.100. The lowest BCUT2D eigenvalue weighted by Gasteiger charge is -2.29. The first-order chi connectivity index (χ1) is 15.1. The molecule has 0 radical (unpaired) electrons. The van der Waals surface area contributed by atoms with Crippen LogP contribution in [-0.4, -0.2) is 44.2 Å². The van der Waals surface area contributed by atoms with E-state index in [9.17, 15) is 18.0 Å². The third-order valence-corrected chi connectivity index (χ3v) is 9.20. The summed E-state index contributed by atoms with van der Waals surface area (Å²) in [6, 6.07) is 8.69. The fraction of sp³-hybridized carbons (Fsp3) is 0.478. The molecule has 3 heterocycles. The van der Waals surface area contributed by atoms with E-state index in [4.69, 9.17) is 0 Å². The van der Waals surface area contributed by atoms with Crippen molar-refractivity contribution in [3.8, 4) is 0 Å². The summed E-state index contributed by atoms with van der Waals surface area (Å²) in [6.07, 6.45) is 1.70. The predicted octanol–water partition coefficient (Wildman–Crippen LogP) is 3.11. The van der Waals surface area contributed by atoms with E-state index in [2.05, 4.69) is 12.2 Å². The number of anilines is 1. The van der Waals surface area contributed by atoms with Gasteiger partial charge in [0.2, 0.25) is 21.8 Å². The quantitative estimate of drug-likeness (QED) is 0.696. The number of rotatable bonds is 6. The molecule has 1 aromatic carbocycles. The number of piperidine rings is 1. The summed E-state index contributed by atoms with van der Waals surface area (Å²) >= 11 is 1.56. The third kappa shape index (κ3) is 4.21. The smallest absolute Gasteiger partial charge is 0.243 e. The number of hydrogen-bond acceptors (Lipinski definition) is 5. The van der Waals surface area contributed by atoms with Crippen LogP contribution in [0, 0.1) is 5.92 Å². The van der Waals surface area contributed by atoms with Gasteiger partial charge in [-0.2, -0.15) is 4.31 Å². The fourth-order valence-corrected chi connectivity index (χ4v) is 6.44. The fourth-order valence-electron chi connectivity index (χ4n) is 4.30. The van der Waals surface area contributed by atoms with Crippen molar-refractivity contribution in [1.29, 1.82) is 0 Å². The molecule has 2 aliphatic heterocycles. The molecule has 4 rings (SSSR count). The summed E-state index contributed by atoms with van der Waals surface area (Å²) in [5.74, 6) is 0.0622. The van der Waals surface area contributed by atoms with Gasteiger partial charge in [0.05, 0.1) is 16.9 Å². The number of carbonyl (C=O) groups is 2. The van der Waals surface area contributed by atoms with Gasteiger partial charge < -0.3 is 10.2 Å². The standard InChI is InChI=1S/C23H29N3O4S2/c1-16-8-10-25(11-9-16)32(29,30)18-6-7-20-19(13-18)23(2,3)22(28)26(20)15-21(27)24-14-17-5-4-12-31-17/h4-7,12-13,16H,8-11,14-15H2,1-3H3,(H,24,27). The molecule has 0 bridgehead atoms. The monoisotopic (exact) mass is 475 g/mol. The summed E-state index contributed by atoms with van der Waals surface area (Å²) in [5, 5.41) is 4.79. The molecule has 2 aromatic rings. The highest BCUT2D eigenvalue weighted by atomic mass is 32.2. The molecule has 172 valence electrons. The molecule has 1 N–H and O–H groups in total. The maximum atomic E-state index is 13.2. The van der Waals surface area contributed by atoms with Crippen LogP contribution in [0.2, 0.25) is 0 Å². The molecule has 2 amide bonds. The zero-order valence-corrected chi connectivity index (χ0v) is 20.3. The van der Waals surface area contributed by atoms with E-state index in [0.29, 0.717) is 36.8 Å². The second-order valence-electron chi connectivity index (χ2n) is 9.14. The van der Waals surface area contributed by atoms with Gasteiger partial charge in [-0.15, -0.1) is 11.3 Å². The first kappa shape index (κ1) is 22.9. The molecule has 2 aliphatic rings. The number of benzene rings is 1. The van der Waals surface area contributed by atoms with Crippen molar-refractivity contribution in [3.05, 3.63) is 46.2 Å². The summed E-state index contributed by atoms with van der Waals surface area (Å²) in [4.78, 5) is 28.4. The predicted molar refractivity (Wildman–Crippen MR) is 125 cm³/mol. The van der Waals surface area contributed by atoms with Crippen LogP contribution in [-0.2, 0) is 31.6 Å².